The van der Waals surface area contributed by atoms with Crippen LogP contribution in [0.2, 0.25) is 0 Å². The van der Waals surface area contributed by atoms with E-state index in [4.69, 9.17) is 4.98 Å². The molecule has 0 amide bonds. The number of aromatic nitrogens is 2. The number of nitrogens with zero attached hydrogens (tertiary/aromatic N) is 3. The average molecular weight is 517 g/mol. The Bertz CT molecular complexity index is 1680. The van der Waals surface area contributed by atoms with E-state index < -0.39 is 0 Å². The number of benzene rings is 3. The Labute approximate surface area is 230 Å². The first-order valence-corrected chi connectivity index (χ1v) is 14.2. The highest BCUT2D eigenvalue weighted by molar-refractivity contribution is 6.01. The van der Waals surface area contributed by atoms with E-state index in [0.717, 1.165) is 46.7 Å². The molecule has 39 heavy (non-hydrogen) atoms. The van der Waals surface area contributed by atoms with Crippen LogP contribution in [0.25, 0.3) is 11.0 Å². The summed E-state index contributed by atoms with van der Waals surface area (Å²) in [6, 6.07) is 23.4. The number of Topliss-reactive ketones (excluding diaryl/α,β-unsaturated/α-hetero) is 1. The van der Waals surface area contributed by atoms with E-state index >= 15 is 0 Å². The van der Waals surface area contributed by atoms with Gasteiger partial charge < -0.3 is 10.2 Å². The van der Waals surface area contributed by atoms with Crippen LogP contribution in [0, 0.1) is 6.92 Å². The Morgan fingerprint density at radius 3 is 2.56 bits per heavy atom. The second-order valence-electron chi connectivity index (χ2n) is 12.4. The number of carbonyl (C=O) groups is 1. The molecule has 0 radical (unpaired) electrons. The summed E-state index contributed by atoms with van der Waals surface area (Å²) < 4.78 is 2.25. The Morgan fingerprint density at radius 2 is 1.74 bits per heavy atom. The molecule has 0 unspecified atom stereocenters. The molecule has 3 aromatic carbocycles. The van der Waals surface area contributed by atoms with Gasteiger partial charge in [0, 0.05) is 36.0 Å². The number of allylic oxidation sites excluding steroid dienone is 2. The lowest BCUT2D eigenvalue weighted by Gasteiger charge is -2.46. The van der Waals surface area contributed by atoms with Gasteiger partial charge >= 0.3 is 0 Å². The topological polar surface area (TPSA) is 50.2 Å². The normalized spacial score (nSPS) is 23.8. The lowest BCUT2D eigenvalue weighted by atomic mass is 9.75. The van der Waals surface area contributed by atoms with Crippen molar-refractivity contribution in [3.8, 4) is 0 Å². The molecule has 5 heteroatoms. The fraction of sp³-hybridized carbons (Fsp3) is 0.353. The van der Waals surface area contributed by atoms with Gasteiger partial charge in [0.2, 0.25) is 5.95 Å². The van der Waals surface area contributed by atoms with Crippen molar-refractivity contribution in [2.24, 2.45) is 0 Å². The zero-order chi connectivity index (χ0) is 27.1. The Kier molecular flexibility index (Phi) is 5.32. The molecule has 4 aromatic rings. The van der Waals surface area contributed by atoms with E-state index in [1.807, 2.05) is 6.07 Å². The molecule has 3 heterocycles. The van der Waals surface area contributed by atoms with Gasteiger partial charge in [-0.2, -0.15) is 0 Å². The number of para-hydroxylation sites is 2. The molecule has 7 rings (SSSR count). The van der Waals surface area contributed by atoms with Crippen molar-refractivity contribution in [2.45, 2.75) is 70.4 Å². The van der Waals surface area contributed by atoms with Crippen molar-refractivity contribution in [2.75, 3.05) is 17.3 Å². The van der Waals surface area contributed by atoms with Crippen LogP contribution in [-0.4, -0.2) is 27.9 Å². The standard InChI is InChI=1S/C34H36N4O/c1-20-10-6-7-11-24(20)23-17-27-31(30(39)18-23)32(38-29-13-9-8-12-26(29)35-33(38)36-27)22-14-15-28-25(16-22)21(2)19-34(3,4)37(28)5/h6-16,21,23,32H,17-19H2,1-5H3,(H,35,36)/t21-,23+,32+/m0/s1. The monoisotopic (exact) mass is 516 g/mol. The fourth-order valence-corrected chi connectivity index (χ4v) is 7.37. The van der Waals surface area contributed by atoms with E-state index in [-0.39, 0.29) is 23.3 Å². The molecule has 0 saturated carbocycles. The summed E-state index contributed by atoms with van der Waals surface area (Å²) in [6.45, 7) is 9.12. The van der Waals surface area contributed by atoms with Gasteiger partial charge in [-0.25, -0.2) is 4.98 Å². The summed E-state index contributed by atoms with van der Waals surface area (Å²) in [7, 11) is 2.20. The van der Waals surface area contributed by atoms with Crippen LogP contribution < -0.4 is 10.2 Å². The third-order valence-corrected chi connectivity index (χ3v) is 9.50. The third-order valence-electron chi connectivity index (χ3n) is 9.50. The van der Waals surface area contributed by atoms with Crippen molar-refractivity contribution in [1.82, 2.24) is 9.55 Å². The number of fused-ring (bicyclic) bond motifs is 4. The molecule has 198 valence electrons. The second-order valence-corrected chi connectivity index (χ2v) is 12.4. The van der Waals surface area contributed by atoms with Gasteiger partial charge in [0.15, 0.2) is 5.78 Å². The lowest BCUT2D eigenvalue weighted by molar-refractivity contribution is -0.116. The largest absolute Gasteiger partial charge is 0.369 e. The highest BCUT2D eigenvalue weighted by atomic mass is 16.1. The van der Waals surface area contributed by atoms with Crippen LogP contribution in [0.15, 0.2) is 78.0 Å². The van der Waals surface area contributed by atoms with Crippen LogP contribution in [-0.2, 0) is 4.79 Å². The van der Waals surface area contributed by atoms with Crippen molar-refractivity contribution >= 4 is 28.5 Å². The number of carbonyl (C=O) groups excluding carboxylic acids is 1. The molecule has 0 saturated heterocycles. The number of hydrogen-bond acceptors (Lipinski definition) is 4. The summed E-state index contributed by atoms with van der Waals surface area (Å²) in [5, 5.41) is 3.63. The van der Waals surface area contributed by atoms with Crippen molar-refractivity contribution < 1.29 is 4.79 Å². The minimum absolute atomic E-state index is 0.107. The second kappa shape index (κ2) is 8.57. The summed E-state index contributed by atoms with van der Waals surface area (Å²) in [5.74, 6) is 1.66. The lowest BCUT2D eigenvalue weighted by Crippen LogP contribution is -2.45. The summed E-state index contributed by atoms with van der Waals surface area (Å²) >= 11 is 0. The van der Waals surface area contributed by atoms with E-state index in [1.54, 1.807) is 0 Å². The molecule has 0 spiro atoms. The van der Waals surface area contributed by atoms with Gasteiger partial charge in [-0.05, 0) is 85.9 Å². The first-order chi connectivity index (χ1) is 18.7. The van der Waals surface area contributed by atoms with Gasteiger partial charge in [-0.3, -0.25) is 9.36 Å². The maximum Gasteiger partial charge on any atom is 0.209 e. The van der Waals surface area contributed by atoms with Crippen molar-refractivity contribution in [3.63, 3.8) is 0 Å². The van der Waals surface area contributed by atoms with E-state index in [9.17, 15) is 4.79 Å². The summed E-state index contributed by atoms with van der Waals surface area (Å²) in [6.07, 6.45) is 2.43. The van der Waals surface area contributed by atoms with Crippen LogP contribution in [0.1, 0.15) is 80.2 Å². The Hall–Kier alpha value is -3.86. The predicted octanol–water partition coefficient (Wildman–Crippen LogP) is 7.48. The number of ketones is 1. The molecule has 3 aliphatic rings. The van der Waals surface area contributed by atoms with E-state index in [2.05, 4.69) is 110 Å². The molecular weight excluding hydrogens is 480 g/mol. The van der Waals surface area contributed by atoms with Crippen LogP contribution in [0.5, 0.6) is 0 Å². The molecule has 1 aliphatic carbocycles. The molecule has 1 aromatic heterocycles. The molecule has 3 atom stereocenters. The highest BCUT2D eigenvalue weighted by Gasteiger charge is 2.41. The van der Waals surface area contributed by atoms with E-state index in [1.165, 1.54) is 22.4 Å². The molecule has 2 aliphatic heterocycles. The van der Waals surface area contributed by atoms with E-state index in [0.29, 0.717) is 12.3 Å². The summed E-state index contributed by atoms with van der Waals surface area (Å²) in [5.41, 5.74) is 10.3. The maximum absolute atomic E-state index is 14.1. The number of imidazole rings is 1. The summed E-state index contributed by atoms with van der Waals surface area (Å²) in [4.78, 5) is 21.5. The molecule has 1 N–H and O–H groups in total. The smallest absolute Gasteiger partial charge is 0.209 e. The minimum atomic E-state index is -0.202. The number of anilines is 2. The first-order valence-electron chi connectivity index (χ1n) is 14.2. The average Bonchev–Trinajstić information content (AvgIpc) is 3.28. The number of aryl methyl sites for hydroxylation is 1. The van der Waals surface area contributed by atoms with Crippen LogP contribution in [0.3, 0.4) is 0 Å². The Balaban J connectivity index is 1.41. The zero-order valence-electron chi connectivity index (χ0n) is 23.5. The van der Waals surface area contributed by atoms with Gasteiger partial charge in [0.25, 0.3) is 0 Å². The van der Waals surface area contributed by atoms with Crippen LogP contribution >= 0.6 is 0 Å². The maximum atomic E-state index is 14.1. The predicted molar refractivity (Wildman–Crippen MR) is 159 cm³/mol. The molecule has 5 nitrogen and oxygen atoms in total. The van der Waals surface area contributed by atoms with Crippen molar-refractivity contribution in [3.05, 3.63) is 100 Å². The van der Waals surface area contributed by atoms with Gasteiger partial charge in [0.1, 0.15) is 0 Å². The SMILES string of the molecule is Cc1ccccc1[C@H]1CC(=O)C2=C(C1)Nc1nc3ccccc3n1[C@@H]2c1ccc2c(c1)[C@@H](C)CC(C)(C)N2C. The van der Waals surface area contributed by atoms with Gasteiger partial charge in [-0.1, -0.05) is 55.5 Å². The van der Waals surface area contributed by atoms with Gasteiger partial charge in [0.05, 0.1) is 17.1 Å². The third kappa shape index (κ3) is 3.66. The fourth-order valence-electron chi connectivity index (χ4n) is 7.37. The number of hydrogen-bond donors (Lipinski definition) is 1. The molecule has 0 bridgehead atoms. The van der Waals surface area contributed by atoms with Crippen LogP contribution in [0.4, 0.5) is 11.6 Å². The quantitative estimate of drug-likeness (QED) is 0.300. The molecular formula is C34H36N4O. The Morgan fingerprint density at radius 1 is 0.974 bits per heavy atom. The molecule has 0 fully saturated rings. The zero-order valence-corrected chi connectivity index (χ0v) is 23.5. The number of rotatable bonds is 2. The first kappa shape index (κ1) is 24.2. The van der Waals surface area contributed by atoms with Gasteiger partial charge in [-0.15, -0.1) is 0 Å². The minimum Gasteiger partial charge on any atom is -0.369 e. The van der Waals surface area contributed by atoms with Crippen molar-refractivity contribution in [1.29, 1.82) is 0 Å². The highest BCUT2D eigenvalue weighted by Crippen LogP contribution is 2.49. The number of nitrogens with one attached hydrogen (secondary N) is 1.